The maximum absolute atomic E-state index is 13.0. The number of pyridine rings is 1. The van der Waals surface area contributed by atoms with Gasteiger partial charge in [-0.3, -0.25) is 9.69 Å². The number of carbonyl (C=O) groups excluding carboxylic acids is 1. The molecule has 1 saturated heterocycles. The molecule has 0 spiro atoms. The zero-order valence-electron chi connectivity index (χ0n) is 31.2. The molecule has 6 rings (SSSR count). The number of hydrogen-bond acceptors (Lipinski definition) is 6. The van der Waals surface area contributed by atoms with Crippen molar-refractivity contribution in [3.8, 4) is 23.1 Å². The Hall–Kier alpha value is -5.11. The largest absolute Gasteiger partial charge is 0.493 e. The fraction of sp³-hybridized carbons (Fsp3) is 0.289. The van der Waals surface area contributed by atoms with E-state index in [0.29, 0.717) is 49.6 Å². The third-order valence-corrected chi connectivity index (χ3v) is 9.42. The summed E-state index contributed by atoms with van der Waals surface area (Å²) < 4.78 is 17.8. The van der Waals surface area contributed by atoms with Crippen LogP contribution in [0.4, 0.5) is 0 Å². The minimum atomic E-state index is 0. The highest BCUT2D eigenvalue weighted by Crippen LogP contribution is 2.25. The van der Waals surface area contributed by atoms with E-state index in [1.807, 2.05) is 42.2 Å². The number of benzene rings is 4. The maximum Gasteiger partial charge on any atom is 0.246 e. The van der Waals surface area contributed by atoms with Crippen LogP contribution in [0.5, 0.6) is 23.1 Å². The number of hydrogen-bond donors (Lipinski definition) is 0. The normalized spacial score (nSPS) is 13.2. The molecule has 1 amide bonds. The van der Waals surface area contributed by atoms with Crippen LogP contribution in [0.2, 0.25) is 0 Å². The summed E-state index contributed by atoms with van der Waals surface area (Å²) in [5, 5.41) is 0. The van der Waals surface area contributed by atoms with E-state index < -0.39 is 0 Å². The Kier molecular flexibility index (Phi) is 14.1. The summed E-state index contributed by atoms with van der Waals surface area (Å²) in [5.41, 5.74) is 8.19. The van der Waals surface area contributed by atoms with Crippen molar-refractivity contribution in [2.75, 3.05) is 32.8 Å². The zero-order chi connectivity index (χ0) is 36.3. The molecule has 2 heterocycles. The number of aromatic nitrogens is 1. The maximum atomic E-state index is 13.0. The lowest BCUT2D eigenvalue weighted by molar-refractivity contribution is -0.127. The van der Waals surface area contributed by atoms with Gasteiger partial charge in [0, 0.05) is 51.3 Å². The highest BCUT2D eigenvalue weighted by molar-refractivity contribution is 5.92. The minimum absolute atomic E-state index is 0. The third-order valence-electron chi connectivity index (χ3n) is 9.42. The number of nitrogens with zero attached hydrogens (tertiary/aromatic N) is 3. The third kappa shape index (κ3) is 11.7. The van der Waals surface area contributed by atoms with Gasteiger partial charge in [-0.15, -0.1) is 12.4 Å². The lowest BCUT2D eigenvalue weighted by Gasteiger charge is -2.34. The molecule has 53 heavy (non-hydrogen) atoms. The second kappa shape index (κ2) is 19.1. The van der Waals surface area contributed by atoms with E-state index in [4.69, 9.17) is 14.2 Å². The van der Waals surface area contributed by atoms with Crippen molar-refractivity contribution in [3.63, 3.8) is 0 Å². The predicted molar refractivity (Wildman–Crippen MR) is 215 cm³/mol. The van der Waals surface area contributed by atoms with Gasteiger partial charge >= 0.3 is 0 Å². The number of carbonyl (C=O) groups is 1. The standard InChI is InChI=1S/C45H49N3O4.ClH/c1-33(2)39-13-17-41(18-14-39)50-28-23-36-9-11-37(12-10-36)31-47-24-26-48(27-25-47)45(49)22-16-40-15-19-42(29-35(40)4)52-44-21-20-43(30-46-44)51-32-38-7-5-34(3)6-8-38;/h5-22,29-30,33H,23-28,31-32H2,1-4H3;1H. The van der Waals surface area contributed by atoms with Gasteiger partial charge in [-0.1, -0.05) is 86.1 Å². The number of aryl methyl sites for hydroxylation is 2. The van der Waals surface area contributed by atoms with Crippen LogP contribution < -0.4 is 14.2 Å². The first-order valence-electron chi connectivity index (χ1n) is 18.2. The topological polar surface area (TPSA) is 64.1 Å². The van der Waals surface area contributed by atoms with Crippen LogP contribution in [-0.4, -0.2) is 53.5 Å². The number of ether oxygens (including phenoxy) is 3. The summed E-state index contributed by atoms with van der Waals surface area (Å²) in [6.45, 7) is 13.6. The van der Waals surface area contributed by atoms with E-state index in [2.05, 4.69) is 103 Å². The Morgan fingerprint density at radius 3 is 2.08 bits per heavy atom. The molecule has 0 unspecified atom stereocenters. The van der Waals surface area contributed by atoms with Gasteiger partial charge in [0.1, 0.15) is 23.9 Å². The van der Waals surface area contributed by atoms with E-state index >= 15 is 0 Å². The van der Waals surface area contributed by atoms with E-state index in [1.165, 1.54) is 22.3 Å². The van der Waals surface area contributed by atoms with Crippen LogP contribution in [0.25, 0.3) is 6.08 Å². The van der Waals surface area contributed by atoms with E-state index in [0.717, 1.165) is 48.5 Å². The van der Waals surface area contributed by atoms with Gasteiger partial charge in [-0.2, -0.15) is 0 Å². The first-order chi connectivity index (χ1) is 25.3. The fourth-order valence-corrected chi connectivity index (χ4v) is 6.08. The van der Waals surface area contributed by atoms with E-state index in [-0.39, 0.29) is 18.3 Å². The van der Waals surface area contributed by atoms with Gasteiger partial charge in [0.25, 0.3) is 0 Å². The zero-order valence-corrected chi connectivity index (χ0v) is 32.0. The molecule has 7 nitrogen and oxygen atoms in total. The minimum Gasteiger partial charge on any atom is -0.493 e. The van der Waals surface area contributed by atoms with Gasteiger partial charge in [-0.25, -0.2) is 4.98 Å². The van der Waals surface area contributed by atoms with Crippen molar-refractivity contribution < 1.29 is 19.0 Å². The molecule has 0 aliphatic carbocycles. The molecule has 0 radical (unpaired) electrons. The lowest BCUT2D eigenvalue weighted by atomic mass is 10.0. The van der Waals surface area contributed by atoms with Crippen molar-refractivity contribution in [2.24, 2.45) is 0 Å². The van der Waals surface area contributed by atoms with Crippen molar-refractivity contribution in [1.29, 1.82) is 0 Å². The molecule has 276 valence electrons. The lowest BCUT2D eigenvalue weighted by Crippen LogP contribution is -2.47. The molecule has 1 fully saturated rings. The molecule has 1 aliphatic heterocycles. The Labute approximate surface area is 320 Å². The Balaban J connectivity index is 0.00000541. The number of halogens is 1. The Morgan fingerprint density at radius 1 is 0.755 bits per heavy atom. The van der Waals surface area contributed by atoms with Crippen LogP contribution >= 0.6 is 12.4 Å². The van der Waals surface area contributed by atoms with Crippen molar-refractivity contribution in [2.45, 2.75) is 53.2 Å². The first kappa shape index (κ1) is 39.1. The van der Waals surface area contributed by atoms with Crippen molar-refractivity contribution in [3.05, 3.63) is 154 Å². The highest BCUT2D eigenvalue weighted by atomic mass is 35.5. The van der Waals surface area contributed by atoms with Crippen molar-refractivity contribution in [1.82, 2.24) is 14.8 Å². The summed E-state index contributed by atoms with van der Waals surface area (Å²) in [6, 6.07) is 35.0. The van der Waals surface area contributed by atoms with Crippen LogP contribution in [0.3, 0.4) is 0 Å². The first-order valence-corrected chi connectivity index (χ1v) is 18.2. The van der Waals surface area contributed by atoms with Gasteiger partial charge in [0.2, 0.25) is 11.8 Å². The second-order valence-corrected chi connectivity index (χ2v) is 13.8. The van der Waals surface area contributed by atoms with Crippen molar-refractivity contribution >= 4 is 24.4 Å². The molecule has 0 atom stereocenters. The van der Waals surface area contributed by atoms with Crippen LogP contribution in [0.1, 0.15) is 58.7 Å². The predicted octanol–water partition coefficient (Wildman–Crippen LogP) is 9.59. The SMILES string of the molecule is Cc1ccc(COc2ccc(Oc3ccc(C=CC(=O)N4CCN(Cc5ccc(CCOc6ccc(C(C)C)cc6)cc5)CC4)c(C)c3)nc2)cc1.Cl. The Bertz CT molecular complexity index is 1920. The Morgan fingerprint density at radius 2 is 1.42 bits per heavy atom. The molecule has 4 aromatic carbocycles. The molecular weight excluding hydrogens is 682 g/mol. The molecule has 5 aromatic rings. The number of piperazine rings is 1. The molecule has 0 N–H and O–H groups in total. The highest BCUT2D eigenvalue weighted by Gasteiger charge is 2.20. The average molecular weight is 732 g/mol. The van der Waals surface area contributed by atoms with Crippen LogP contribution in [0, 0.1) is 13.8 Å². The number of rotatable bonds is 14. The van der Waals surface area contributed by atoms with E-state index in [1.54, 1.807) is 18.3 Å². The van der Waals surface area contributed by atoms with Crippen LogP contribution in [0.15, 0.2) is 115 Å². The summed E-state index contributed by atoms with van der Waals surface area (Å²) >= 11 is 0. The molecule has 0 saturated carbocycles. The summed E-state index contributed by atoms with van der Waals surface area (Å²) in [7, 11) is 0. The monoisotopic (exact) mass is 731 g/mol. The second-order valence-electron chi connectivity index (χ2n) is 13.8. The number of amides is 1. The average Bonchev–Trinajstić information content (AvgIpc) is 3.16. The van der Waals surface area contributed by atoms with E-state index in [9.17, 15) is 4.79 Å². The molecule has 1 aromatic heterocycles. The summed E-state index contributed by atoms with van der Waals surface area (Å²) in [5.74, 6) is 3.33. The fourth-order valence-electron chi connectivity index (χ4n) is 6.08. The molecular formula is C45H50ClN3O4. The van der Waals surface area contributed by atoms with Gasteiger partial charge < -0.3 is 19.1 Å². The quantitative estimate of drug-likeness (QED) is 0.106. The smallest absolute Gasteiger partial charge is 0.246 e. The van der Waals surface area contributed by atoms with Gasteiger partial charge in [0.05, 0.1) is 12.8 Å². The molecule has 8 heteroatoms. The van der Waals surface area contributed by atoms with Gasteiger partial charge in [0.15, 0.2) is 0 Å². The summed E-state index contributed by atoms with van der Waals surface area (Å²) in [4.78, 5) is 21.8. The summed E-state index contributed by atoms with van der Waals surface area (Å²) in [6.07, 6.45) is 6.11. The molecule has 0 bridgehead atoms. The van der Waals surface area contributed by atoms with Crippen LogP contribution in [-0.2, 0) is 24.4 Å². The molecule has 1 aliphatic rings. The van der Waals surface area contributed by atoms with Gasteiger partial charge in [-0.05, 0) is 89.6 Å².